The van der Waals surface area contributed by atoms with Gasteiger partial charge in [-0.1, -0.05) is 39.7 Å². The standard InChI is InChI=1S/C13H11BrClNO2S/c1-9-5-6-13(12(15)7-9)16-19(17,18)11-4-2-3-10(14)8-11/h2-8,16H,1H3. The van der Waals surface area contributed by atoms with E-state index in [-0.39, 0.29) is 4.90 Å². The van der Waals surface area contributed by atoms with Crippen molar-refractivity contribution in [2.75, 3.05) is 4.72 Å². The first-order chi connectivity index (χ1) is 8.88. The second kappa shape index (κ2) is 5.53. The van der Waals surface area contributed by atoms with E-state index >= 15 is 0 Å². The monoisotopic (exact) mass is 359 g/mol. The van der Waals surface area contributed by atoms with Crippen LogP contribution in [0.5, 0.6) is 0 Å². The Morgan fingerprint density at radius 2 is 1.89 bits per heavy atom. The van der Waals surface area contributed by atoms with Gasteiger partial charge in [0.05, 0.1) is 15.6 Å². The predicted molar refractivity (Wildman–Crippen MR) is 81.1 cm³/mol. The van der Waals surface area contributed by atoms with E-state index in [4.69, 9.17) is 11.6 Å². The first-order valence-corrected chi connectivity index (χ1v) is 8.08. The maximum absolute atomic E-state index is 12.2. The molecule has 0 aliphatic rings. The number of hydrogen-bond donors (Lipinski definition) is 1. The fourth-order valence-corrected chi connectivity index (χ4v) is 3.56. The van der Waals surface area contributed by atoms with Crippen LogP contribution in [-0.4, -0.2) is 8.42 Å². The summed E-state index contributed by atoms with van der Waals surface area (Å²) in [5, 5.41) is 0.374. The average Bonchev–Trinajstić information content (AvgIpc) is 2.33. The SMILES string of the molecule is Cc1ccc(NS(=O)(=O)c2cccc(Br)c2)c(Cl)c1. The smallest absolute Gasteiger partial charge is 0.261 e. The molecule has 1 N–H and O–H groups in total. The number of benzene rings is 2. The van der Waals surface area contributed by atoms with Crippen LogP contribution in [0, 0.1) is 6.92 Å². The van der Waals surface area contributed by atoms with Crippen molar-refractivity contribution in [3.8, 4) is 0 Å². The molecule has 3 nitrogen and oxygen atoms in total. The molecule has 0 aliphatic heterocycles. The highest BCUT2D eigenvalue weighted by Gasteiger charge is 2.15. The fourth-order valence-electron chi connectivity index (χ4n) is 1.54. The lowest BCUT2D eigenvalue weighted by Crippen LogP contribution is -2.13. The van der Waals surface area contributed by atoms with Crippen LogP contribution in [0.1, 0.15) is 5.56 Å². The molecule has 0 saturated heterocycles. The summed E-state index contributed by atoms with van der Waals surface area (Å²) in [6.45, 7) is 1.89. The Kier molecular flexibility index (Phi) is 4.18. The Morgan fingerprint density at radius 3 is 2.53 bits per heavy atom. The summed E-state index contributed by atoms with van der Waals surface area (Å²) in [7, 11) is -3.64. The molecule has 0 aliphatic carbocycles. The van der Waals surface area contributed by atoms with Gasteiger partial charge in [0.25, 0.3) is 10.0 Å². The van der Waals surface area contributed by atoms with E-state index < -0.39 is 10.0 Å². The molecular formula is C13H11BrClNO2S. The van der Waals surface area contributed by atoms with E-state index in [1.165, 1.54) is 12.1 Å². The molecule has 0 fully saturated rings. The van der Waals surface area contributed by atoms with Crippen molar-refractivity contribution < 1.29 is 8.42 Å². The van der Waals surface area contributed by atoms with E-state index in [0.29, 0.717) is 15.2 Å². The average molecular weight is 361 g/mol. The van der Waals surface area contributed by atoms with Gasteiger partial charge in [-0.05, 0) is 42.8 Å². The number of nitrogens with one attached hydrogen (secondary N) is 1. The van der Waals surface area contributed by atoms with Gasteiger partial charge in [-0.2, -0.15) is 0 Å². The first kappa shape index (κ1) is 14.4. The molecule has 0 radical (unpaired) electrons. The normalized spacial score (nSPS) is 11.3. The van der Waals surface area contributed by atoms with Crippen LogP contribution in [0.2, 0.25) is 5.02 Å². The quantitative estimate of drug-likeness (QED) is 0.891. The number of anilines is 1. The van der Waals surface area contributed by atoms with Crippen molar-refractivity contribution in [2.45, 2.75) is 11.8 Å². The lowest BCUT2D eigenvalue weighted by atomic mass is 10.2. The maximum Gasteiger partial charge on any atom is 0.261 e. The molecule has 0 bridgehead atoms. The molecule has 6 heteroatoms. The summed E-state index contributed by atoms with van der Waals surface area (Å²) < 4.78 is 27.6. The third-order valence-corrected chi connectivity index (χ3v) is 4.64. The summed E-state index contributed by atoms with van der Waals surface area (Å²) >= 11 is 9.26. The minimum atomic E-state index is -3.64. The van der Waals surface area contributed by atoms with Gasteiger partial charge in [-0.3, -0.25) is 4.72 Å². The third kappa shape index (κ3) is 3.49. The molecule has 2 aromatic rings. The lowest BCUT2D eigenvalue weighted by Gasteiger charge is -2.10. The third-order valence-electron chi connectivity index (χ3n) is 2.48. The van der Waals surface area contributed by atoms with E-state index in [9.17, 15) is 8.42 Å². The van der Waals surface area contributed by atoms with Crippen molar-refractivity contribution in [3.05, 3.63) is 57.5 Å². The minimum Gasteiger partial charge on any atom is -0.278 e. The van der Waals surface area contributed by atoms with Gasteiger partial charge in [0.2, 0.25) is 0 Å². The largest absolute Gasteiger partial charge is 0.278 e. The highest BCUT2D eigenvalue weighted by atomic mass is 79.9. The van der Waals surface area contributed by atoms with Gasteiger partial charge in [-0.15, -0.1) is 0 Å². The molecule has 19 heavy (non-hydrogen) atoms. The second-order valence-corrected chi connectivity index (χ2v) is 7.05. The highest BCUT2D eigenvalue weighted by molar-refractivity contribution is 9.10. The predicted octanol–water partition coefficient (Wildman–Crippen LogP) is 4.21. The number of hydrogen-bond acceptors (Lipinski definition) is 2. The van der Waals surface area contributed by atoms with Crippen LogP contribution in [0.15, 0.2) is 51.8 Å². The molecule has 0 aromatic heterocycles. The topological polar surface area (TPSA) is 46.2 Å². The second-order valence-electron chi connectivity index (χ2n) is 4.05. The number of aryl methyl sites for hydroxylation is 1. The van der Waals surface area contributed by atoms with Crippen LogP contribution in [0.3, 0.4) is 0 Å². The van der Waals surface area contributed by atoms with Crippen LogP contribution in [0.25, 0.3) is 0 Å². The molecule has 0 unspecified atom stereocenters. The first-order valence-electron chi connectivity index (χ1n) is 5.43. The molecule has 0 spiro atoms. The molecule has 0 atom stereocenters. The molecule has 100 valence electrons. The van der Waals surface area contributed by atoms with Gasteiger partial charge >= 0.3 is 0 Å². The van der Waals surface area contributed by atoms with Crippen molar-refractivity contribution in [2.24, 2.45) is 0 Å². The zero-order valence-electron chi connectivity index (χ0n) is 10.0. The number of rotatable bonds is 3. The fraction of sp³-hybridized carbons (Fsp3) is 0.0769. The summed E-state index contributed by atoms with van der Waals surface area (Å²) in [6.07, 6.45) is 0. The molecule has 2 aromatic carbocycles. The van der Waals surface area contributed by atoms with Crippen LogP contribution < -0.4 is 4.72 Å². The molecule has 0 saturated carbocycles. The number of sulfonamides is 1. The Labute approximate surface area is 125 Å². The van der Waals surface area contributed by atoms with E-state index in [1.54, 1.807) is 30.3 Å². The van der Waals surface area contributed by atoms with Crippen molar-refractivity contribution >= 4 is 43.2 Å². The zero-order chi connectivity index (χ0) is 14.0. The van der Waals surface area contributed by atoms with E-state index in [0.717, 1.165) is 5.56 Å². The molecule has 2 rings (SSSR count). The lowest BCUT2D eigenvalue weighted by molar-refractivity contribution is 0.601. The highest BCUT2D eigenvalue weighted by Crippen LogP contribution is 2.26. The minimum absolute atomic E-state index is 0.179. The molecule has 0 amide bonds. The molecule has 0 heterocycles. The van der Waals surface area contributed by atoms with Gasteiger partial charge in [0.1, 0.15) is 0 Å². The van der Waals surface area contributed by atoms with Crippen LogP contribution in [0.4, 0.5) is 5.69 Å². The van der Waals surface area contributed by atoms with E-state index in [2.05, 4.69) is 20.7 Å². The van der Waals surface area contributed by atoms with Crippen LogP contribution in [-0.2, 0) is 10.0 Å². The Bertz CT molecular complexity index is 716. The maximum atomic E-state index is 12.2. The zero-order valence-corrected chi connectivity index (χ0v) is 13.2. The van der Waals surface area contributed by atoms with Gasteiger partial charge < -0.3 is 0 Å². The Morgan fingerprint density at radius 1 is 1.16 bits per heavy atom. The Balaban J connectivity index is 2.36. The van der Waals surface area contributed by atoms with Crippen LogP contribution >= 0.6 is 27.5 Å². The number of halogens is 2. The van der Waals surface area contributed by atoms with Crippen molar-refractivity contribution in [3.63, 3.8) is 0 Å². The van der Waals surface area contributed by atoms with Crippen molar-refractivity contribution in [1.82, 2.24) is 0 Å². The van der Waals surface area contributed by atoms with Gasteiger partial charge in [0, 0.05) is 4.47 Å². The summed E-state index contributed by atoms with van der Waals surface area (Å²) in [5.41, 5.74) is 1.34. The van der Waals surface area contributed by atoms with E-state index in [1.807, 2.05) is 6.92 Å². The summed E-state index contributed by atoms with van der Waals surface area (Å²) in [5.74, 6) is 0. The Hall–Kier alpha value is -1.04. The summed E-state index contributed by atoms with van der Waals surface area (Å²) in [6, 6.07) is 11.6. The van der Waals surface area contributed by atoms with Gasteiger partial charge in [-0.25, -0.2) is 8.42 Å². The van der Waals surface area contributed by atoms with Gasteiger partial charge in [0.15, 0.2) is 0 Å². The summed E-state index contributed by atoms with van der Waals surface area (Å²) in [4.78, 5) is 0.179. The van der Waals surface area contributed by atoms with Crippen molar-refractivity contribution in [1.29, 1.82) is 0 Å². The molecular weight excluding hydrogens is 350 g/mol.